The van der Waals surface area contributed by atoms with Crippen LogP contribution in [0.4, 0.5) is 5.69 Å². The summed E-state index contributed by atoms with van der Waals surface area (Å²) in [6, 6.07) is 8.32. The molecular weight excluding hydrogens is 342 g/mol. The summed E-state index contributed by atoms with van der Waals surface area (Å²) < 4.78 is 1.24. The zero-order valence-electron chi connectivity index (χ0n) is 16.1. The van der Waals surface area contributed by atoms with E-state index in [2.05, 4.69) is 60.7 Å². The maximum absolute atomic E-state index is 12.8. The van der Waals surface area contributed by atoms with Crippen LogP contribution in [0.25, 0.3) is 10.1 Å². The fourth-order valence-electron chi connectivity index (χ4n) is 4.74. The number of amides is 1. The van der Waals surface area contributed by atoms with Gasteiger partial charge in [0.2, 0.25) is 0 Å². The fourth-order valence-corrected chi connectivity index (χ4v) is 5.67. The van der Waals surface area contributed by atoms with E-state index < -0.39 is 0 Å². The minimum Gasteiger partial charge on any atom is -0.366 e. The fraction of sp³-hybridized carbons (Fsp3) is 0.571. The lowest BCUT2D eigenvalue weighted by Crippen LogP contribution is -2.42. The Labute approximate surface area is 160 Å². The summed E-state index contributed by atoms with van der Waals surface area (Å²) >= 11 is 1.76. The predicted octanol–water partition coefficient (Wildman–Crippen LogP) is 4.15. The second-order valence-corrected chi connectivity index (χ2v) is 9.20. The number of anilines is 1. The van der Waals surface area contributed by atoms with Crippen LogP contribution in [-0.2, 0) is 0 Å². The molecule has 4 rings (SSSR count). The largest absolute Gasteiger partial charge is 0.366 e. The zero-order chi connectivity index (χ0) is 18.4. The summed E-state index contributed by atoms with van der Waals surface area (Å²) in [6.45, 7) is 8.90. The first kappa shape index (κ1) is 17.8. The van der Waals surface area contributed by atoms with Crippen LogP contribution >= 0.6 is 11.3 Å². The summed E-state index contributed by atoms with van der Waals surface area (Å²) in [5.41, 5.74) is 2.01. The Balaban J connectivity index is 1.60. The van der Waals surface area contributed by atoms with Gasteiger partial charge in [-0.2, -0.15) is 0 Å². The third-order valence-corrected chi connectivity index (χ3v) is 6.77. The molecule has 3 atom stereocenters. The number of hydrogen-bond acceptors (Lipinski definition) is 4. The monoisotopic (exact) mass is 371 g/mol. The van der Waals surface area contributed by atoms with Gasteiger partial charge in [0.1, 0.15) is 0 Å². The third-order valence-electron chi connectivity index (χ3n) is 5.82. The molecule has 0 aliphatic carbocycles. The molecule has 140 valence electrons. The molecule has 2 bridgehead atoms. The quantitative estimate of drug-likeness (QED) is 0.830. The van der Waals surface area contributed by atoms with E-state index in [4.69, 9.17) is 0 Å². The van der Waals surface area contributed by atoms with Crippen LogP contribution in [0.15, 0.2) is 23.6 Å². The Morgan fingerprint density at radius 3 is 2.62 bits per heavy atom. The Bertz CT molecular complexity index is 805. The van der Waals surface area contributed by atoms with Crippen LogP contribution in [0, 0.1) is 0 Å². The summed E-state index contributed by atoms with van der Waals surface area (Å²) in [4.78, 5) is 15.3. The Morgan fingerprint density at radius 2 is 2.00 bits per heavy atom. The third kappa shape index (κ3) is 3.12. The molecule has 2 fully saturated rings. The molecule has 1 amide bonds. The molecule has 2 aliphatic heterocycles. The molecule has 5 heteroatoms. The van der Waals surface area contributed by atoms with Gasteiger partial charge in [0, 0.05) is 51.2 Å². The van der Waals surface area contributed by atoms with E-state index in [0.29, 0.717) is 24.2 Å². The van der Waals surface area contributed by atoms with Gasteiger partial charge < -0.3 is 15.5 Å². The van der Waals surface area contributed by atoms with Crippen molar-refractivity contribution in [1.29, 1.82) is 0 Å². The van der Waals surface area contributed by atoms with Gasteiger partial charge >= 0.3 is 0 Å². The molecule has 1 aromatic carbocycles. The minimum atomic E-state index is 0.0593. The Morgan fingerprint density at radius 1 is 1.23 bits per heavy atom. The van der Waals surface area contributed by atoms with Gasteiger partial charge in [0.05, 0.1) is 5.69 Å². The first-order chi connectivity index (χ1) is 12.4. The summed E-state index contributed by atoms with van der Waals surface area (Å²) in [7, 11) is 0. The standard InChI is InChI=1S/C21H29N3OS/c1-12(2)24(13(3)4)19-11-26-20-8-5-14(9-16(19)20)21(25)23-18-10-15-6-7-17(18)22-15/h5,8-9,11-13,15,17-18,22H,6-7,10H2,1-4H3,(H,23,25)/t15-,17+,18-/m1/s1. The second-order valence-electron chi connectivity index (χ2n) is 8.29. The van der Waals surface area contributed by atoms with Crippen LogP contribution in [-0.4, -0.2) is 36.1 Å². The maximum Gasteiger partial charge on any atom is 0.251 e. The van der Waals surface area contributed by atoms with Crippen molar-refractivity contribution in [1.82, 2.24) is 10.6 Å². The van der Waals surface area contributed by atoms with E-state index in [1.165, 1.54) is 28.6 Å². The number of benzene rings is 1. The first-order valence-electron chi connectivity index (χ1n) is 9.80. The molecule has 2 N–H and O–H groups in total. The normalized spacial score (nSPS) is 24.8. The molecule has 4 nitrogen and oxygen atoms in total. The summed E-state index contributed by atoms with van der Waals surface area (Å²) in [5.74, 6) is 0.0593. The molecule has 0 radical (unpaired) electrons. The Hall–Kier alpha value is -1.59. The van der Waals surface area contributed by atoms with Crippen molar-refractivity contribution >= 4 is 33.0 Å². The molecule has 1 aromatic heterocycles. The van der Waals surface area contributed by atoms with Crippen LogP contribution in [0.2, 0.25) is 0 Å². The van der Waals surface area contributed by atoms with Crippen LogP contribution in [0.1, 0.15) is 57.3 Å². The van der Waals surface area contributed by atoms with Gasteiger partial charge in [0.25, 0.3) is 5.91 Å². The van der Waals surface area contributed by atoms with Crippen molar-refractivity contribution in [2.24, 2.45) is 0 Å². The topological polar surface area (TPSA) is 44.4 Å². The van der Waals surface area contributed by atoms with E-state index in [0.717, 1.165) is 12.0 Å². The smallest absolute Gasteiger partial charge is 0.251 e. The number of nitrogens with zero attached hydrogens (tertiary/aromatic N) is 1. The second kappa shape index (κ2) is 6.86. The van der Waals surface area contributed by atoms with Crippen LogP contribution in [0.3, 0.4) is 0 Å². The molecule has 0 spiro atoms. The lowest BCUT2D eigenvalue weighted by Gasteiger charge is -2.32. The van der Waals surface area contributed by atoms with Gasteiger partial charge in [-0.3, -0.25) is 4.79 Å². The first-order valence-corrected chi connectivity index (χ1v) is 10.7. The lowest BCUT2D eigenvalue weighted by molar-refractivity contribution is 0.0931. The molecule has 26 heavy (non-hydrogen) atoms. The molecule has 0 unspecified atom stereocenters. The zero-order valence-corrected chi connectivity index (χ0v) is 16.9. The lowest BCUT2D eigenvalue weighted by atomic mass is 9.95. The van der Waals surface area contributed by atoms with Gasteiger partial charge in [0.15, 0.2) is 0 Å². The van der Waals surface area contributed by atoms with Gasteiger partial charge in [-0.15, -0.1) is 11.3 Å². The van der Waals surface area contributed by atoms with Gasteiger partial charge in [-0.25, -0.2) is 0 Å². The highest BCUT2D eigenvalue weighted by molar-refractivity contribution is 7.17. The average molecular weight is 372 g/mol. The molecule has 2 saturated heterocycles. The summed E-state index contributed by atoms with van der Waals surface area (Å²) in [5, 5.41) is 10.3. The number of hydrogen-bond donors (Lipinski definition) is 2. The number of rotatable bonds is 5. The summed E-state index contributed by atoms with van der Waals surface area (Å²) in [6.07, 6.45) is 3.50. The molecule has 0 saturated carbocycles. The number of nitrogens with one attached hydrogen (secondary N) is 2. The highest BCUT2D eigenvalue weighted by Crippen LogP contribution is 2.36. The number of carbonyl (C=O) groups excluding carboxylic acids is 1. The van der Waals surface area contributed by atoms with E-state index in [9.17, 15) is 4.79 Å². The number of fused-ring (bicyclic) bond motifs is 3. The molecule has 2 aliphatic rings. The van der Waals surface area contributed by atoms with Gasteiger partial charge in [-0.1, -0.05) is 0 Å². The highest BCUT2D eigenvalue weighted by atomic mass is 32.1. The van der Waals surface area contributed by atoms with E-state index >= 15 is 0 Å². The van der Waals surface area contributed by atoms with Crippen molar-refractivity contribution in [2.45, 2.75) is 77.2 Å². The predicted molar refractivity (Wildman–Crippen MR) is 110 cm³/mol. The van der Waals surface area contributed by atoms with Gasteiger partial charge in [-0.05, 0) is 65.2 Å². The van der Waals surface area contributed by atoms with Crippen molar-refractivity contribution in [3.05, 3.63) is 29.1 Å². The average Bonchev–Trinajstić information content (AvgIpc) is 3.29. The Kier molecular flexibility index (Phi) is 4.70. The highest BCUT2D eigenvalue weighted by Gasteiger charge is 2.39. The number of carbonyl (C=O) groups is 1. The SMILES string of the molecule is CC(C)N(c1csc2ccc(C(=O)N[C@@H]3C[C@H]4CC[C@@H]3N4)cc12)C(C)C. The van der Waals surface area contributed by atoms with Crippen molar-refractivity contribution < 1.29 is 4.79 Å². The van der Waals surface area contributed by atoms with E-state index in [-0.39, 0.29) is 11.9 Å². The number of thiophene rings is 1. The van der Waals surface area contributed by atoms with Crippen LogP contribution in [0.5, 0.6) is 0 Å². The van der Waals surface area contributed by atoms with E-state index in [1.807, 2.05) is 6.07 Å². The van der Waals surface area contributed by atoms with Crippen LogP contribution < -0.4 is 15.5 Å². The molecule has 2 aromatic rings. The maximum atomic E-state index is 12.8. The van der Waals surface area contributed by atoms with Crippen molar-refractivity contribution in [3.8, 4) is 0 Å². The molecule has 3 heterocycles. The van der Waals surface area contributed by atoms with Crippen molar-refractivity contribution in [3.63, 3.8) is 0 Å². The van der Waals surface area contributed by atoms with Crippen molar-refractivity contribution in [2.75, 3.05) is 4.90 Å². The molecular formula is C21H29N3OS. The minimum absolute atomic E-state index is 0.0593. The van der Waals surface area contributed by atoms with E-state index in [1.54, 1.807) is 11.3 Å².